The first-order valence-corrected chi connectivity index (χ1v) is 4.11. The van der Waals surface area contributed by atoms with Crippen LogP contribution in [0.5, 0.6) is 0 Å². The lowest BCUT2D eigenvalue weighted by molar-refractivity contribution is -0.141. The normalized spacial score (nSPS) is 17.5. The summed E-state index contributed by atoms with van der Waals surface area (Å²) in [5.74, 6) is -0.0488. The third-order valence-electron chi connectivity index (χ3n) is 2.02. The van der Waals surface area contributed by atoms with E-state index in [1.807, 2.05) is 6.92 Å². The van der Waals surface area contributed by atoms with Gasteiger partial charge in [0.2, 0.25) is 0 Å². The Bertz CT molecular complexity index is 122. The minimum absolute atomic E-state index is 0.0488. The van der Waals surface area contributed by atoms with Crippen molar-refractivity contribution in [2.75, 3.05) is 0 Å². The molecule has 2 atom stereocenters. The fourth-order valence-electron chi connectivity index (χ4n) is 0.868. The number of aliphatic hydroxyl groups is 1. The van der Waals surface area contributed by atoms with Crippen LogP contribution in [0.1, 0.15) is 33.1 Å². The predicted molar refractivity (Wildman–Crippen MR) is 40.8 cm³/mol. The molecule has 0 saturated heterocycles. The van der Waals surface area contributed by atoms with Crippen LogP contribution < -0.4 is 0 Å². The van der Waals surface area contributed by atoms with E-state index >= 15 is 0 Å². The molecule has 0 fully saturated rings. The van der Waals surface area contributed by atoms with E-state index in [0.717, 1.165) is 0 Å². The molecule has 74 valence electrons. The molecule has 0 saturated carbocycles. The Morgan fingerprint density at radius 2 is 1.83 bits per heavy atom. The van der Waals surface area contributed by atoms with Crippen molar-refractivity contribution in [1.29, 1.82) is 0 Å². The average molecular weight is 184 g/mol. The molecule has 0 heterocycles. The summed E-state index contributed by atoms with van der Waals surface area (Å²) in [5, 5.41) is 9.18. The smallest absolute Gasteiger partial charge is 0.389 e. The average Bonchev–Trinajstić information content (AvgIpc) is 1.97. The second kappa shape index (κ2) is 4.70. The van der Waals surface area contributed by atoms with Crippen molar-refractivity contribution in [3.8, 4) is 0 Å². The van der Waals surface area contributed by atoms with Crippen molar-refractivity contribution in [3.05, 3.63) is 0 Å². The maximum atomic E-state index is 11.7. The Kier molecular flexibility index (Phi) is 4.60. The van der Waals surface area contributed by atoms with Crippen LogP contribution in [-0.4, -0.2) is 17.4 Å². The van der Waals surface area contributed by atoms with Crippen molar-refractivity contribution >= 4 is 0 Å². The first kappa shape index (κ1) is 11.8. The van der Waals surface area contributed by atoms with Gasteiger partial charge >= 0.3 is 6.18 Å². The summed E-state index contributed by atoms with van der Waals surface area (Å²) in [4.78, 5) is 0. The van der Waals surface area contributed by atoms with Crippen molar-refractivity contribution < 1.29 is 18.3 Å². The van der Waals surface area contributed by atoms with Crippen LogP contribution in [0.4, 0.5) is 13.2 Å². The summed E-state index contributed by atoms with van der Waals surface area (Å²) in [6.45, 7) is 3.60. The van der Waals surface area contributed by atoms with Gasteiger partial charge in [0.1, 0.15) is 0 Å². The summed E-state index contributed by atoms with van der Waals surface area (Å²) < 4.78 is 35.0. The van der Waals surface area contributed by atoms with Crippen molar-refractivity contribution in [3.63, 3.8) is 0 Å². The molecule has 0 bridgehead atoms. The van der Waals surface area contributed by atoms with E-state index in [2.05, 4.69) is 0 Å². The number of alkyl halides is 3. The molecule has 0 aromatic heterocycles. The molecule has 4 heteroatoms. The molecule has 0 aromatic rings. The van der Waals surface area contributed by atoms with E-state index in [0.29, 0.717) is 6.42 Å². The predicted octanol–water partition coefficient (Wildman–Crippen LogP) is 2.74. The zero-order valence-corrected chi connectivity index (χ0v) is 7.36. The third-order valence-corrected chi connectivity index (χ3v) is 2.02. The molecule has 0 amide bonds. The number of rotatable bonds is 4. The van der Waals surface area contributed by atoms with Gasteiger partial charge in [-0.2, -0.15) is 13.2 Å². The van der Waals surface area contributed by atoms with Crippen LogP contribution in [0.2, 0.25) is 0 Å². The van der Waals surface area contributed by atoms with E-state index in [-0.39, 0.29) is 12.3 Å². The summed E-state index contributed by atoms with van der Waals surface area (Å²) in [7, 11) is 0. The Balaban J connectivity index is 3.64. The van der Waals surface area contributed by atoms with Gasteiger partial charge in [-0.3, -0.25) is 0 Å². The quantitative estimate of drug-likeness (QED) is 0.712. The second-order valence-electron chi connectivity index (χ2n) is 3.11. The Labute approximate surface area is 70.6 Å². The maximum absolute atomic E-state index is 11.7. The largest absolute Gasteiger partial charge is 0.393 e. The van der Waals surface area contributed by atoms with Gasteiger partial charge in [0, 0.05) is 6.42 Å². The molecule has 12 heavy (non-hydrogen) atoms. The summed E-state index contributed by atoms with van der Waals surface area (Å²) in [6, 6.07) is 0. The highest BCUT2D eigenvalue weighted by Crippen LogP contribution is 2.24. The van der Waals surface area contributed by atoms with Crippen LogP contribution in [0.25, 0.3) is 0 Å². The van der Waals surface area contributed by atoms with E-state index < -0.39 is 18.7 Å². The van der Waals surface area contributed by atoms with Crippen LogP contribution in [0, 0.1) is 5.92 Å². The third kappa shape index (κ3) is 5.41. The van der Waals surface area contributed by atoms with Gasteiger partial charge in [0.25, 0.3) is 0 Å². The zero-order chi connectivity index (χ0) is 9.78. The summed E-state index contributed by atoms with van der Waals surface area (Å²) in [6.07, 6.45) is -5.33. The number of hydrogen-bond acceptors (Lipinski definition) is 1. The molecule has 1 N–H and O–H groups in total. The summed E-state index contributed by atoms with van der Waals surface area (Å²) in [5.41, 5.74) is 0. The molecule has 0 aliphatic carbocycles. The fourth-order valence-corrected chi connectivity index (χ4v) is 0.868. The first-order chi connectivity index (χ1) is 5.37. The Morgan fingerprint density at radius 3 is 2.17 bits per heavy atom. The number of hydrogen-bond donors (Lipinski definition) is 1. The molecule has 0 aliphatic heterocycles. The standard InChI is InChI=1S/C8H15F3O/c1-3-6(2)7(12)4-5-8(9,10)11/h6-7,12H,3-5H2,1-2H3. The van der Waals surface area contributed by atoms with Gasteiger partial charge in [-0.1, -0.05) is 20.3 Å². The van der Waals surface area contributed by atoms with Crippen molar-refractivity contribution in [2.24, 2.45) is 5.92 Å². The van der Waals surface area contributed by atoms with Gasteiger partial charge in [-0.25, -0.2) is 0 Å². The van der Waals surface area contributed by atoms with E-state index in [1.54, 1.807) is 6.92 Å². The topological polar surface area (TPSA) is 20.2 Å². The molecule has 0 aliphatic rings. The van der Waals surface area contributed by atoms with Crippen molar-refractivity contribution in [2.45, 2.75) is 45.4 Å². The van der Waals surface area contributed by atoms with E-state index in [1.165, 1.54) is 0 Å². The molecule has 0 rings (SSSR count). The van der Waals surface area contributed by atoms with Gasteiger partial charge < -0.3 is 5.11 Å². The zero-order valence-electron chi connectivity index (χ0n) is 7.36. The van der Waals surface area contributed by atoms with Crippen molar-refractivity contribution in [1.82, 2.24) is 0 Å². The lowest BCUT2D eigenvalue weighted by Gasteiger charge is -2.17. The highest BCUT2D eigenvalue weighted by atomic mass is 19.4. The highest BCUT2D eigenvalue weighted by Gasteiger charge is 2.28. The molecule has 2 unspecified atom stereocenters. The molecule has 1 nitrogen and oxygen atoms in total. The maximum Gasteiger partial charge on any atom is 0.389 e. The van der Waals surface area contributed by atoms with Gasteiger partial charge in [0.05, 0.1) is 6.10 Å². The monoisotopic (exact) mass is 184 g/mol. The Hall–Kier alpha value is -0.250. The molecule has 0 spiro atoms. The van der Waals surface area contributed by atoms with Gasteiger partial charge in [-0.05, 0) is 12.3 Å². The van der Waals surface area contributed by atoms with Gasteiger partial charge in [0.15, 0.2) is 0 Å². The van der Waals surface area contributed by atoms with E-state index in [9.17, 15) is 18.3 Å². The van der Waals surface area contributed by atoms with Crippen LogP contribution >= 0.6 is 0 Å². The minimum atomic E-state index is -4.14. The molecule has 0 aromatic carbocycles. The van der Waals surface area contributed by atoms with Crippen LogP contribution in [-0.2, 0) is 0 Å². The lowest BCUT2D eigenvalue weighted by Crippen LogP contribution is -2.20. The number of halogens is 3. The molecular weight excluding hydrogens is 169 g/mol. The summed E-state index contributed by atoms with van der Waals surface area (Å²) >= 11 is 0. The lowest BCUT2D eigenvalue weighted by atomic mass is 9.98. The van der Waals surface area contributed by atoms with Gasteiger partial charge in [-0.15, -0.1) is 0 Å². The number of aliphatic hydroxyl groups excluding tert-OH is 1. The minimum Gasteiger partial charge on any atom is -0.393 e. The molecular formula is C8H15F3O. The molecule has 0 radical (unpaired) electrons. The Morgan fingerprint density at radius 1 is 1.33 bits per heavy atom. The van der Waals surface area contributed by atoms with Crippen LogP contribution in [0.15, 0.2) is 0 Å². The first-order valence-electron chi connectivity index (χ1n) is 4.11. The highest BCUT2D eigenvalue weighted by molar-refractivity contribution is 4.65. The van der Waals surface area contributed by atoms with Crippen LogP contribution in [0.3, 0.4) is 0 Å². The SMILES string of the molecule is CCC(C)C(O)CCC(F)(F)F. The fraction of sp³-hybridized carbons (Fsp3) is 1.00. The second-order valence-corrected chi connectivity index (χ2v) is 3.11. The van der Waals surface area contributed by atoms with E-state index in [4.69, 9.17) is 0 Å².